The highest BCUT2D eigenvalue weighted by atomic mass is 79.9. The van der Waals surface area contributed by atoms with Crippen molar-refractivity contribution in [1.82, 2.24) is 29.1 Å². The monoisotopic (exact) mass is 454 g/mol. The van der Waals surface area contributed by atoms with Gasteiger partial charge < -0.3 is 0 Å². The third kappa shape index (κ3) is 3.76. The van der Waals surface area contributed by atoms with E-state index in [1.165, 1.54) is 16.2 Å². The molecule has 0 aliphatic rings. The molecule has 7 nitrogen and oxygen atoms in total. The van der Waals surface area contributed by atoms with Crippen LogP contribution in [-0.4, -0.2) is 29.1 Å². The van der Waals surface area contributed by atoms with Crippen LogP contribution in [0.4, 0.5) is 0 Å². The summed E-state index contributed by atoms with van der Waals surface area (Å²) in [6, 6.07) is 9.00. The smallest absolute Gasteiger partial charge is 0.258 e. The van der Waals surface area contributed by atoms with Gasteiger partial charge in [-0.15, -0.1) is 16.8 Å². The average molecular weight is 455 g/mol. The molecule has 0 aromatic carbocycles. The Morgan fingerprint density at radius 1 is 1.18 bits per heavy atom. The van der Waals surface area contributed by atoms with Gasteiger partial charge in [-0.25, -0.2) is 4.98 Å². The summed E-state index contributed by atoms with van der Waals surface area (Å²) < 4.78 is 4.32. The first-order valence-corrected chi connectivity index (χ1v) is 10.2. The number of hydrogen-bond acceptors (Lipinski definition) is 6. The maximum atomic E-state index is 12.4. The molecule has 140 valence electrons. The Morgan fingerprint density at radius 3 is 2.79 bits per heavy atom. The van der Waals surface area contributed by atoms with Crippen LogP contribution in [0.5, 0.6) is 0 Å². The molecule has 0 N–H and O–H groups in total. The summed E-state index contributed by atoms with van der Waals surface area (Å²) in [5, 5.41) is 9.37. The Kier molecular flexibility index (Phi) is 5.36. The minimum absolute atomic E-state index is 0.119. The van der Waals surface area contributed by atoms with Gasteiger partial charge in [0.15, 0.2) is 11.0 Å². The maximum absolute atomic E-state index is 12.4. The molecule has 0 aliphatic heterocycles. The van der Waals surface area contributed by atoms with Gasteiger partial charge in [0, 0.05) is 47.0 Å². The summed E-state index contributed by atoms with van der Waals surface area (Å²) in [5.41, 5.74) is 2.11. The third-order valence-corrected chi connectivity index (χ3v) is 5.46. The predicted octanol–water partition coefficient (Wildman–Crippen LogP) is 3.59. The molecule has 4 aromatic heterocycles. The van der Waals surface area contributed by atoms with Crippen LogP contribution in [0, 0.1) is 0 Å². The molecule has 0 fully saturated rings. The van der Waals surface area contributed by atoms with Crippen molar-refractivity contribution < 1.29 is 0 Å². The normalized spacial score (nSPS) is 11.0. The molecule has 0 radical (unpaired) electrons. The summed E-state index contributed by atoms with van der Waals surface area (Å²) in [6.45, 7) is 4.40. The SMILES string of the molecule is C=CCn1c(SCc2cc(=O)n3cc(Br)ccc3n2)nnc1-c1ccncc1. The molecule has 28 heavy (non-hydrogen) atoms. The molecular formula is C19H15BrN6OS. The fourth-order valence-electron chi connectivity index (χ4n) is 2.74. The van der Waals surface area contributed by atoms with Gasteiger partial charge in [-0.3, -0.25) is 18.7 Å². The van der Waals surface area contributed by atoms with Crippen LogP contribution in [-0.2, 0) is 12.3 Å². The van der Waals surface area contributed by atoms with E-state index in [1.54, 1.807) is 36.8 Å². The summed E-state index contributed by atoms with van der Waals surface area (Å²) in [5.74, 6) is 1.26. The lowest BCUT2D eigenvalue weighted by molar-refractivity contribution is 0.731. The molecule has 0 aliphatic carbocycles. The van der Waals surface area contributed by atoms with Gasteiger partial charge in [0.2, 0.25) is 0 Å². The molecule has 0 atom stereocenters. The van der Waals surface area contributed by atoms with Crippen molar-refractivity contribution in [3.63, 3.8) is 0 Å². The first kappa shape index (κ1) is 18.6. The molecule has 0 spiro atoms. The Hall–Kier alpha value is -2.78. The lowest BCUT2D eigenvalue weighted by Crippen LogP contribution is -2.15. The van der Waals surface area contributed by atoms with E-state index >= 15 is 0 Å². The number of aromatic nitrogens is 6. The molecule has 0 saturated heterocycles. The molecule has 0 saturated carbocycles. The number of pyridine rings is 2. The first-order valence-electron chi connectivity index (χ1n) is 8.41. The van der Waals surface area contributed by atoms with E-state index in [0.29, 0.717) is 23.6 Å². The zero-order valence-corrected chi connectivity index (χ0v) is 17.1. The highest BCUT2D eigenvalue weighted by molar-refractivity contribution is 9.10. The fraction of sp³-hybridized carbons (Fsp3) is 0.105. The van der Waals surface area contributed by atoms with Crippen molar-refractivity contribution in [2.24, 2.45) is 0 Å². The van der Waals surface area contributed by atoms with Crippen molar-refractivity contribution in [3.05, 3.63) is 82.1 Å². The number of thioether (sulfide) groups is 1. The standard InChI is InChI=1S/C19H15BrN6OS/c1-2-9-25-18(13-5-7-21-8-6-13)23-24-19(25)28-12-15-10-17(27)26-11-14(20)3-4-16(26)22-15/h2-8,10-11H,1,9,12H2. The van der Waals surface area contributed by atoms with Gasteiger partial charge >= 0.3 is 0 Å². The van der Waals surface area contributed by atoms with Crippen LogP contribution in [0.25, 0.3) is 17.0 Å². The highest BCUT2D eigenvalue weighted by Crippen LogP contribution is 2.25. The summed E-state index contributed by atoms with van der Waals surface area (Å²) in [4.78, 5) is 21.0. The number of fused-ring (bicyclic) bond motifs is 1. The second-order valence-corrected chi connectivity index (χ2v) is 7.75. The Morgan fingerprint density at radius 2 is 2.00 bits per heavy atom. The van der Waals surface area contributed by atoms with E-state index in [1.807, 2.05) is 22.8 Å². The topological polar surface area (TPSA) is 78.0 Å². The molecule has 9 heteroatoms. The molecule has 0 unspecified atom stereocenters. The minimum atomic E-state index is -0.119. The second-order valence-electron chi connectivity index (χ2n) is 5.89. The van der Waals surface area contributed by atoms with Gasteiger partial charge in [0.1, 0.15) is 5.65 Å². The predicted molar refractivity (Wildman–Crippen MR) is 112 cm³/mol. The second kappa shape index (κ2) is 8.07. The first-order chi connectivity index (χ1) is 13.7. The lowest BCUT2D eigenvalue weighted by atomic mass is 10.2. The van der Waals surface area contributed by atoms with Crippen LogP contribution in [0.15, 0.2) is 76.0 Å². The van der Waals surface area contributed by atoms with Crippen molar-refractivity contribution in [1.29, 1.82) is 0 Å². The van der Waals surface area contributed by atoms with Gasteiger partial charge in [0.05, 0.1) is 5.69 Å². The van der Waals surface area contributed by atoms with Gasteiger partial charge in [0.25, 0.3) is 5.56 Å². The van der Waals surface area contributed by atoms with Crippen molar-refractivity contribution in [3.8, 4) is 11.4 Å². The molecule has 0 bridgehead atoms. The van der Waals surface area contributed by atoms with E-state index in [4.69, 9.17) is 0 Å². The van der Waals surface area contributed by atoms with Gasteiger partial charge in [-0.05, 0) is 40.2 Å². The largest absolute Gasteiger partial charge is 0.298 e. The number of nitrogens with zero attached hydrogens (tertiary/aromatic N) is 6. The average Bonchev–Trinajstić information content (AvgIpc) is 3.10. The Labute approximate surface area is 173 Å². The van der Waals surface area contributed by atoms with Crippen LogP contribution < -0.4 is 5.56 Å². The van der Waals surface area contributed by atoms with Crippen LogP contribution in [0.2, 0.25) is 0 Å². The molecular weight excluding hydrogens is 440 g/mol. The quantitative estimate of drug-likeness (QED) is 0.327. The van der Waals surface area contributed by atoms with E-state index < -0.39 is 0 Å². The number of allylic oxidation sites excluding steroid dienone is 1. The van der Waals surface area contributed by atoms with Crippen LogP contribution >= 0.6 is 27.7 Å². The third-order valence-electron chi connectivity index (χ3n) is 3.99. The van der Waals surface area contributed by atoms with Crippen LogP contribution in [0.3, 0.4) is 0 Å². The molecule has 0 amide bonds. The van der Waals surface area contributed by atoms with Crippen molar-refractivity contribution >= 4 is 33.3 Å². The summed E-state index contributed by atoms with van der Waals surface area (Å²) in [6.07, 6.45) is 6.96. The number of hydrogen-bond donors (Lipinski definition) is 0. The Bertz CT molecular complexity index is 1200. The Balaban J connectivity index is 1.62. The number of halogens is 1. The molecule has 4 rings (SSSR count). The molecule has 4 heterocycles. The van der Waals surface area contributed by atoms with Crippen LogP contribution in [0.1, 0.15) is 5.69 Å². The van der Waals surface area contributed by atoms with E-state index in [-0.39, 0.29) is 5.56 Å². The van der Waals surface area contributed by atoms with E-state index in [9.17, 15) is 4.79 Å². The zero-order chi connectivity index (χ0) is 19.5. The summed E-state index contributed by atoms with van der Waals surface area (Å²) >= 11 is 4.85. The van der Waals surface area contributed by atoms with E-state index in [2.05, 4.69) is 42.7 Å². The zero-order valence-electron chi connectivity index (χ0n) is 14.7. The maximum Gasteiger partial charge on any atom is 0.258 e. The minimum Gasteiger partial charge on any atom is -0.298 e. The number of rotatable bonds is 6. The lowest BCUT2D eigenvalue weighted by Gasteiger charge is -2.08. The van der Waals surface area contributed by atoms with Gasteiger partial charge in [-0.2, -0.15) is 0 Å². The molecule has 4 aromatic rings. The van der Waals surface area contributed by atoms with Crippen molar-refractivity contribution in [2.75, 3.05) is 0 Å². The summed E-state index contributed by atoms with van der Waals surface area (Å²) in [7, 11) is 0. The van der Waals surface area contributed by atoms with E-state index in [0.717, 1.165) is 21.0 Å². The van der Waals surface area contributed by atoms with Crippen molar-refractivity contribution in [2.45, 2.75) is 17.5 Å². The van der Waals surface area contributed by atoms with Gasteiger partial charge in [-0.1, -0.05) is 17.8 Å². The fourth-order valence-corrected chi connectivity index (χ4v) is 3.92. The highest BCUT2D eigenvalue weighted by Gasteiger charge is 2.14.